The van der Waals surface area contributed by atoms with Gasteiger partial charge in [-0.25, -0.2) is 4.79 Å². The fourth-order valence-electron chi connectivity index (χ4n) is 1.19. The van der Waals surface area contributed by atoms with Gasteiger partial charge in [0.25, 0.3) is 0 Å². The Labute approximate surface area is 106 Å². The third-order valence-electron chi connectivity index (χ3n) is 2.39. The van der Waals surface area contributed by atoms with E-state index in [1.54, 1.807) is 13.8 Å². The molecule has 0 atom stereocenters. The standard InChI is InChI=1S/C13H17NO4/c1-13(2,8-15)14-7-10-6-9(12(17)18-3)4-5-11(10)16/h4-7,15-16H,8H2,1-3H3. The molecule has 0 saturated heterocycles. The van der Waals surface area contributed by atoms with Gasteiger partial charge in [0.1, 0.15) is 5.75 Å². The van der Waals surface area contributed by atoms with Gasteiger partial charge in [-0.05, 0) is 32.0 Å². The first-order valence-corrected chi connectivity index (χ1v) is 5.47. The predicted octanol–water partition coefficient (Wildman–Crippen LogP) is 1.37. The average molecular weight is 251 g/mol. The first-order valence-electron chi connectivity index (χ1n) is 5.47. The topological polar surface area (TPSA) is 79.1 Å². The molecule has 0 fully saturated rings. The number of aromatic hydroxyl groups is 1. The third kappa shape index (κ3) is 3.56. The van der Waals surface area contributed by atoms with Gasteiger partial charge in [0.05, 0.1) is 24.8 Å². The highest BCUT2D eigenvalue weighted by molar-refractivity contribution is 5.93. The van der Waals surface area contributed by atoms with Crippen LogP contribution < -0.4 is 0 Å². The van der Waals surface area contributed by atoms with Gasteiger partial charge in [-0.3, -0.25) is 4.99 Å². The number of esters is 1. The summed E-state index contributed by atoms with van der Waals surface area (Å²) >= 11 is 0. The lowest BCUT2D eigenvalue weighted by atomic mass is 10.1. The molecule has 1 aromatic carbocycles. The SMILES string of the molecule is COC(=O)c1ccc(O)c(C=NC(C)(C)CO)c1. The van der Waals surface area contributed by atoms with Crippen LogP contribution in [0.4, 0.5) is 0 Å². The van der Waals surface area contributed by atoms with Crippen molar-refractivity contribution in [3.63, 3.8) is 0 Å². The lowest BCUT2D eigenvalue weighted by Crippen LogP contribution is -2.22. The first-order chi connectivity index (χ1) is 8.39. The summed E-state index contributed by atoms with van der Waals surface area (Å²) in [5, 5.41) is 18.7. The molecule has 5 nitrogen and oxygen atoms in total. The lowest BCUT2D eigenvalue weighted by molar-refractivity contribution is 0.0600. The summed E-state index contributed by atoms with van der Waals surface area (Å²) in [6.07, 6.45) is 1.43. The van der Waals surface area contributed by atoms with E-state index in [1.165, 1.54) is 31.5 Å². The van der Waals surface area contributed by atoms with Crippen molar-refractivity contribution in [2.75, 3.05) is 13.7 Å². The molecule has 0 spiro atoms. The maximum atomic E-state index is 11.3. The second-order valence-electron chi connectivity index (χ2n) is 4.49. The molecule has 0 aliphatic carbocycles. The van der Waals surface area contributed by atoms with E-state index in [4.69, 9.17) is 5.11 Å². The molecule has 2 N–H and O–H groups in total. The van der Waals surface area contributed by atoms with Gasteiger partial charge in [0, 0.05) is 11.8 Å². The zero-order valence-corrected chi connectivity index (χ0v) is 10.7. The summed E-state index contributed by atoms with van der Waals surface area (Å²) in [4.78, 5) is 15.5. The Kier molecular flexibility index (Phi) is 4.44. The van der Waals surface area contributed by atoms with E-state index in [9.17, 15) is 9.90 Å². The Morgan fingerprint density at radius 2 is 2.17 bits per heavy atom. The number of carbonyl (C=O) groups excluding carboxylic acids is 1. The maximum absolute atomic E-state index is 11.3. The number of phenols is 1. The molecule has 1 aromatic rings. The van der Waals surface area contributed by atoms with Crippen molar-refractivity contribution in [3.05, 3.63) is 29.3 Å². The molecule has 0 amide bonds. The van der Waals surface area contributed by atoms with E-state index in [1.807, 2.05) is 0 Å². The molecule has 18 heavy (non-hydrogen) atoms. The van der Waals surface area contributed by atoms with Crippen LogP contribution in [0.2, 0.25) is 0 Å². The van der Waals surface area contributed by atoms with Crippen LogP contribution in [0.3, 0.4) is 0 Å². The Bertz CT molecular complexity index is 466. The van der Waals surface area contributed by atoms with Gasteiger partial charge in [-0.15, -0.1) is 0 Å². The molecule has 5 heteroatoms. The zero-order chi connectivity index (χ0) is 13.8. The van der Waals surface area contributed by atoms with E-state index in [0.717, 1.165) is 0 Å². The molecule has 98 valence electrons. The normalized spacial score (nSPS) is 11.8. The van der Waals surface area contributed by atoms with Crippen LogP contribution in [0.25, 0.3) is 0 Å². The minimum absolute atomic E-state index is 0.0140. The number of aliphatic hydroxyl groups excluding tert-OH is 1. The molecular formula is C13H17NO4. The highest BCUT2D eigenvalue weighted by Crippen LogP contribution is 2.18. The minimum atomic E-state index is -0.631. The number of carbonyl (C=O) groups is 1. The maximum Gasteiger partial charge on any atom is 0.337 e. The third-order valence-corrected chi connectivity index (χ3v) is 2.39. The van der Waals surface area contributed by atoms with Gasteiger partial charge in [0.15, 0.2) is 0 Å². The van der Waals surface area contributed by atoms with Crippen LogP contribution in [-0.2, 0) is 4.74 Å². The van der Waals surface area contributed by atoms with E-state index < -0.39 is 11.5 Å². The smallest absolute Gasteiger partial charge is 0.337 e. The molecule has 0 unspecified atom stereocenters. The summed E-state index contributed by atoms with van der Waals surface area (Å²) in [7, 11) is 1.29. The number of hydrogen-bond acceptors (Lipinski definition) is 5. The van der Waals surface area contributed by atoms with Gasteiger partial charge in [0.2, 0.25) is 0 Å². The van der Waals surface area contributed by atoms with Gasteiger partial charge < -0.3 is 14.9 Å². The summed E-state index contributed by atoms with van der Waals surface area (Å²) < 4.78 is 4.59. The summed E-state index contributed by atoms with van der Waals surface area (Å²) in [6.45, 7) is 3.40. The van der Waals surface area contributed by atoms with Crippen LogP contribution in [0.5, 0.6) is 5.75 Å². The Morgan fingerprint density at radius 1 is 1.50 bits per heavy atom. The van der Waals surface area contributed by atoms with Crippen molar-refractivity contribution >= 4 is 12.2 Å². The van der Waals surface area contributed by atoms with E-state index in [0.29, 0.717) is 11.1 Å². The lowest BCUT2D eigenvalue weighted by Gasteiger charge is -2.15. The Balaban J connectivity index is 3.05. The molecular weight excluding hydrogens is 234 g/mol. The number of hydrogen-bond donors (Lipinski definition) is 2. The predicted molar refractivity (Wildman–Crippen MR) is 68.2 cm³/mol. The summed E-state index contributed by atoms with van der Waals surface area (Å²) in [6, 6.07) is 4.35. The quantitative estimate of drug-likeness (QED) is 0.625. The van der Waals surface area contributed by atoms with Crippen LogP contribution >= 0.6 is 0 Å². The van der Waals surface area contributed by atoms with Crippen LogP contribution in [-0.4, -0.2) is 41.7 Å². The van der Waals surface area contributed by atoms with Crippen LogP contribution in [0, 0.1) is 0 Å². The number of aliphatic imine (C=N–C) groups is 1. The average Bonchev–Trinajstić information content (AvgIpc) is 2.37. The molecule has 0 saturated carbocycles. The van der Waals surface area contributed by atoms with Crippen molar-refractivity contribution in [2.24, 2.45) is 4.99 Å². The fraction of sp³-hybridized carbons (Fsp3) is 0.385. The van der Waals surface area contributed by atoms with Gasteiger partial charge >= 0.3 is 5.97 Å². The van der Waals surface area contributed by atoms with Crippen molar-refractivity contribution in [2.45, 2.75) is 19.4 Å². The van der Waals surface area contributed by atoms with E-state index in [2.05, 4.69) is 9.73 Å². The number of rotatable bonds is 4. The van der Waals surface area contributed by atoms with Crippen LogP contribution in [0.1, 0.15) is 29.8 Å². The Morgan fingerprint density at radius 3 is 2.72 bits per heavy atom. The second-order valence-corrected chi connectivity index (χ2v) is 4.49. The molecule has 1 rings (SSSR count). The van der Waals surface area contributed by atoms with Crippen LogP contribution in [0.15, 0.2) is 23.2 Å². The van der Waals surface area contributed by atoms with Crippen molar-refractivity contribution in [3.8, 4) is 5.75 Å². The van der Waals surface area contributed by atoms with Crippen molar-refractivity contribution in [1.82, 2.24) is 0 Å². The minimum Gasteiger partial charge on any atom is -0.507 e. The molecule has 0 bridgehead atoms. The monoisotopic (exact) mass is 251 g/mol. The van der Waals surface area contributed by atoms with Crippen molar-refractivity contribution < 1.29 is 19.7 Å². The number of ether oxygens (including phenoxy) is 1. The number of methoxy groups -OCH3 is 1. The fourth-order valence-corrected chi connectivity index (χ4v) is 1.19. The molecule has 0 aliphatic heterocycles. The van der Waals surface area contributed by atoms with Gasteiger partial charge in [-0.1, -0.05) is 0 Å². The number of phenolic OH excluding ortho intramolecular Hbond substituents is 1. The molecule has 0 heterocycles. The highest BCUT2D eigenvalue weighted by atomic mass is 16.5. The van der Waals surface area contributed by atoms with Crippen molar-refractivity contribution in [1.29, 1.82) is 0 Å². The number of nitrogens with zero attached hydrogens (tertiary/aromatic N) is 1. The summed E-state index contributed by atoms with van der Waals surface area (Å²) in [5.41, 5.74) is 0.103. The number of benzene rings is 1. The Hall–Kier alpha value is -1.88. The molecule has 0 aliphatic rings. The molecule has 0 aromatic heterocycles. The first kappa shape index (κ1) is 14.2. The van der Waals surface area contributed by atoms with Gasteiger partial charge in [-0.2, -0.15) is 0 Å². The second kappa shape index (κ2) is 5.64. The van der Waals surface area contributed by atoms with E-state index >= 15 is 0 Å². The highest BCUT2D eigenvalue weighted by Gasteiger charge is 2.14. The summed E-state index contributed by atoms with van der Waals surface area (Å²) in [5.74, 6) is -0.466. The molecule has 0 radical (unpaired) electrons. The zero-order valence-electron chi connectivity index (χ0n) is 10.7. The largest absolute Gasteiger partial charge is 0.507 e. The van der Waals surface area contributed by atoms with E-state index in [-0.39, 0.29) is 12.4 Å². The number of aliphatic hydroxyl groups is 1.